The molecule has 2 aromatic rings. The highest BCUT2D eigenvalue weighted by molar-refractivity contribution is 6.01. The zero-order chi connectivity index (χ0) is 11.8. The molecule has 3 nitrogen and oxygen atoms in total. The van der Waals surface area contributed by atoms with Gasteiger partial charge in [-0.25, -0.2) is 0 Å². The Labute approximate surface area is 99.4 Å². The maximum atomic E-state index is 11.8. The van der Waals surface area contributed by atoms with Crippen molar-refractivity contribution in [2.45, 2.75) is 19.3 Å². The lowest BCUT2D eigenvalue weighted by Crippen LogP contribution is -2.12. The van der Waals surface area contributed by atoms with Crippen molar-refractivity contribution in [3.8, 4) is 5.75 Å². The summed E-state index contributed by atoms with van der Waals surface area (Å²) in [6.07, 6.45) is 2.46. The first kappa shape index (κ1) is 10.3. The third-order valence-corrected chi connectivity index (χ3v) is 3.22. The van der Waals surface area contributed by atoms with Crippen LogP contribution in [0.15, 0.2) is 24.3 Å². The highest BCUT2D eigenvalue weighted by atomic mass is 16.5. The first-order valence-corrected chi connectivity index (χ1v) is 5.79. The zero-order valence-electron chi connectivity index (χ0n) is 9.69. The molecule has 1 aromatic heterocycles. The predicted octanol–water partition coefficient (Wildman–Crippen LogP) is 2.76. The minimum absolute atomic E-state index is 0.219. The first-order valence-electron chi connectivity index (χ1n) is 5.79. The van der Waals surface area contributed by atoms with Crippen LogP contribution in [-0.2, 0) is 6.42 Å². The number of hydrogen-bond donors (Lipinski definition) is 0. The Morgan fingerprint density at radius 1 is 1.24 bits per heavy atom. The Kier molecular flexibility index (Phi) is 2.32. The van der Waals surface area contributed by atoms with E-state index in [0.29, 0.717) is 6.42 Å². The number of fused-ring (bicyclic) bond motifs is 2. The van der Waals surface area contributed by atoms with Crippen molar-refractivity contribution >= 4 is 16.7 Å². The Balaban J connectivity index is 2.23. The number of Topliss-reactive ketones (excluding diaryl/α,β-unsaturated/α-hetero) is 1. The van der Waals surface area contributed by atoms with E-state index in [4.69, 9.17) is 4.74 Å². The van der Waals surface area contributed by atoms with Crippen molar-refractivity contribution in [3.63, 3.8) is 0 Å². The van der Waals surface area contributed by atoms with Gasteiger partial charge in [0.05, 0.1) is 18.3 Å². The summed E-state index contributed by atoms with van der Waals surface area (Å²) in [5.41, 5.74) is 2.63. The topological polar surface area (TPSA) is 39.2 Å². The van der Waals surface area contributed by atoms with E-state index in [9.17, 15) is 4.79 Å². The van der Waals surface area contributed by atoms with Gasteiger partial charge in [-0.15, -0.1) is 0 Å². The Hall–Kier alpha value is -1.90. The molecule has 0 aliphatic heterocycles. The quantitative estimate of drug-likeness (QED) is 0.752. The van der Waals surface area contributed by atoms with E-state index in [1.54, 1.807) is 7.11 Å². The van der Waals surface area contributed by atoms with E-state index in [0.717, 1.165) is 40.8 Å². The van der Waals surface area contributed by atoms with Crippen molar-refractivity contribution in [1.82, 2.24) is 4.98 Å². The maximum Gasteiger partial charge on any atom is 0.164 e. The van der Waals surface area contributed by atoms with Crippen molar-refractivity contribution < 1.29 is 9.53 Å². The summed E-state index contributed by atoms with van der Waals surface area (Å²) in [5.74, 6) is 1.02. The molecule has 0 atom stereocenters. The van der Waals surface area contributed by atoms with Crippen LogP contribution in [0.1, 0.15) is 28.9 Å². The molecule has 1 aromatic carbocycles. The summed E-state index contributed by atoms with van der Waals surface area (Å²) < 4.78 is 5.18. The number of carbonyl (C=O) groups is 1. The van der Waals surface area contributed by atoms with Crippen LogP contribution >= 0.6 is 0 Å². The maximum absolute atomic E-state index is 11.8. The number of nitrogens with zero attached hydrogens (tertiary/aromatic N) is 1. The normalized spacial score (nSPS) is 14.8. The highest BCUT2D eigenvalue weighted by Gasteiger charge is 2.18. The second-order valence-electron chi connectivity index (χ2n) is 4.32. The summed E-state index contributed by atoms with van der Waals surface area (Å²) in [4.78, 5) is 16.4. The van der Waals surface area contributed by atoms with Gasteiger partial charge in [-0.1, -0.05) is 0 Å². The number of ketones is 1. The predicted molar refractivity (Wildman–Crippen MR) is 65.6 cm³/mol. The van der Waals surface area contributed by atoms with Gasteiger partial charge in [0.25, 0.3) is 0 Å². The van der Waals surface area contributed by atoms with Gasteiger partial charge in [-0.2, -0.15) is 0 Å². The molecule has 1 aliphatic carbocycles. The second kappa shape index (κ2) is 3.84. The van der Waals surface area contributed by atoms with Crippen molar-refractivity contribution in [3.05, 3.63) is 35.5 Å². The van der Waals surface area contributed by atoms with Crippen LogP contribution in [0.2, 0.25) is 0 Å². The standard InChI is InChI=1S/C14H13NO2/c1-17-10-6-5-9-7-11-12(15-13(9)8-10)3-2-4-14(11)16/h5-8H,2-4H2,1H3. The van der Waals surface area contributed by atoms with Crippen LogP contribution in [0.25, 0.3) is 10.9 Å². The van der Waals surface area contributed by atoms with Gasteiger partial charge in [-0.05, 0) is 31.0 Å². The van der Waals surface area contributed by atoms with Crippen molar-refractivity contribution in [2.75, 3.05) is 7.11 Å². The van der Waals surface area contributed by atoms with E-state index in [-0.39, 0.29) is 5.78 Å². The van der Waals surface area contributed by atoms with Gasteiger partial charge in [0.2, 0.25) is 0 Å². The van der Waals surface area contributed by atoms with Gasteiger partial charge >= 0.3 is 0 Å². The van der Waals surface area contributed by atoms with Gasteiger partial charge in [-0.3, -0.25) is 9.78 Å². The number of aromatic nitrogens is 1. The van der Waals surface area contributed by atoms with E-state index in [1.165, 1.54) is 0 Å². The van der Waals surface area contributed by atoms with Gasteiger partial charge in [0, 0.05) is 23.4 Å². The molecule has 0 bridgehead atoms. The molecule has 0 fully saturated rings. The van der Waals surface area contributed by atoms with Gasteiger partial charge in [0.1, 0.15) is 5.75 Å². The summed E-state index contributed by atoms with van der Waals surface area (Å²) in [7, 11) is 1.64. The van der Waals surface area contributed by atoms with E-state index in [1.807, 2.05) is 24.3 Å². The van der Waals surface area contributed by atoms with Gasteiger partial charge in [0.15, 0.2) is 5.78 Å². The fraction of sp³-hybridized carbons (Fsp3) is 0.286. The van der Waals surface area contributed by atoms with Crippen LogP contribution in [0.5, 0.6) is 5.75 Å². The summed E-state index contributed by atoms with van der Waals surface area (Å²) >= 11 is 0. The number of benzene rings is 1. The molecule has 17 heavy (non-hydrogen) atoms. The fourth-order valence-electron chi connectivity index (χ4n) is 2.30. The molecule has 0 spiro atoms. The molecule has 3 rings (SSSR count). The average molecular weight is 227 g/mol. The van der Waals surface area contributed by atoms with Crippen LogP contribution in [-0.4, -0.2) is 17.9 Å². The molecule has 0 N–H and O–H groups in total. The highest BCUT2D eigenvalue weighted by Crippen LogP contribution is 2.26. The number of hydrogen-bond acceptors (Lipinski definition) is 3. The molecular formula is C14H13NO2. The minimum atomic E-state index is 0.219. The summed E-state index contributed by atoms with van der Waals surface area (Å²) in [6.45, 7) is 0. The average Bonchev–Trinajstić information content (AvgIpc) is 2.36. The lowest BCUT2D eigenvalue weighted by atomic mass is 9.93. The first-order chi connectivity index (χ1) is 8.28. The molecule has 3 heteroatoms. The lowest BCUT2D eigenvalue weighted by Gasteiger charge is -2.14. The third-order valence-electron chi connectivity index (χ3n) is 3.22. The SMILES string of the molecule is COc1ccc2cc3c(nc2c1)CCCC3=O. The number of aryl methyl sites for hydroxylation is 1. The third kappa shape index (κ3) is 1.68. The number of rotatable bonds is 1. The fourth-order valence-corrected chi connectivity index (χ4v) is 2.30. The van der Waals surface area contributed by atoms with Crippen molar-refractivity contribution in [1.29, 1.82) is 0 Å². The van der Waals surface area contributed by atoms with Gasteiger partial charge < -0.3 is 4.74 Å². The Morgan fingerprint density at radius 2 is 2.12 bits per heavy atom. The molecule has 0 saturated carbocycles. The smallest absolute Gasteiger partial charge is 0.164 e. The molecule has 0 saturated heterocycles. The van der Waals surface area contributed by atoms with E-state index >= 15 is 0 Å². The summed E-state index contributed by atoms with van der Waals surface area (Å²) in [6, 6.07) is 7.71. The van der Waals surface area contributed by atoms with E-state index < -0.39 is 0 Å². The number of carbonyl (C=O) groups excluding carboxylic acids is 1. The zero-order valence-corrected chi connectivity index (χ0v) is 9.69. The number of pyridine rings is 1. The molecule has 1 aliphatic rings. The monoisotopic (exact) mass is 227 g/mol. The lowest BCUT2D eigenvalue weighted by molar-refractivity contribution is 0.0972. The van der Waals surface area contributed by atoms with Crippen LogP contribution in [0, 0.1) is 0 Å². The minimum Gasteiger partial charge on any atom is -0.497 e. The molecule has 86 valence electrons. The Bertz CT molecular complexity index is 604. The molecule has 1 heterocycles. The second-order valence-corrected chi connectivity index (χ2v) is 4.32. The van der Waals surface area contributed by atoms with Crippen LogP contribution in [0.4, 0.5) is 0 Å². The molecule has 0 unspecified atom stereocenters. The number of ether oxygens (including phenoxy) is 1. The van der Waals surface area contributed by atoms with Crippen LogP contribution < -0.4 is 4.74 Å². The largest absolute Gasteiger partial charge is 0.497 e. The van der Waals surface area contributed by atoms with Crippen LogP contribution in [0.3, 0.4) is 0 Å². The van der Waals surface area contributed by atoms with E-state index in [2.05, 4.69) is 4.98 Å². The molecule has 0 radical (unpaired) electrons. The van der Waals surface area contributed by atoms with Crippen molar-refractivity contribution in [2.24, 2.45) is 0 Å². The molecule has 0 amide bonds. The number of methoxy groups -OCH3 is 1. The molecular weight excluding hydrogens is 214 g/mol. The summed E-state index contributed by atoms with van der Waals surface area (Å²) in [5, 5.41) is 1.000. The Morgan fingerprint density at radius 3 is 2.94 bits per heavy atom.